The van der Waals surface area contributed by atoms with Gasteiger partial charge in [0.25, 0.3) is 11.6 Å². The molecule has 3 rings (SSSR count). The molecule has 1 aliphatic rings. The van der Waals surface area contributed by atoms with Gasteiger partial charge in [-0.2, -0.15) is 0 Å². The molecule has 1 aromatic heterocycles. The summed E-state index contributed by atoms with van der Waals surface area (Å²) in [5.74, 6) is -2.82. The second-order valence-electron chi connectivity index (χ2n) is 7.01. The van der Waals surface area contributed by atoms with Crippen molar-refractivity contribution < 1.29 is 28.8 Å². The van der Waals surface area contributed by atoms with E-state index in [4.69, 9.17) is 15.2 Å². The summed E-state index contributed by atoms with van der Waals surface area (Å²) >= 11 is 0. The average molecular weight is 468 g/mol. The Morgan fingerprint density at radius 3 is 1.91 bits per heavy atom. The molecule has 2 heterocycles. The van der Waals surface area contributed by atoms with E-state index in [1.54, 1.807) is 38.1 Å². The molecule has 0 spiro atoms. The van der Waals surface area contributed by atoms with Crippen LogP contribution in [0.25, 0.3) is 0 Å². The molecule has 0 radical (unpaired) electrons. The first kappa shape index (κ1) is 25.7. The summed E-state index contributed by atoms with van der Waals surface area (Å²) in [7, 11) is 2.42. The van der Waals surface area contributed by atoms with Crippen molar-refractivity contribution in [2.75, 3.05) is 14.2 Å². The molecule has 1 aromatic carbocycles. The Morgan fingerprint density at radius 2 is 1.50 bits per heavy atom. The number of allylic oxidation sites excluding steroid dienone is 2. The third-order valence-corrected chi connectivity index (χ3v) is 4.93. The van der Waals surface area contributed by atoms with E-state index in [1.165, 1.54) is 38.6 Å². The van der Waals surface area contributed by atoms with Crippen molar-refractivity contribution in [2.45, 2.75) is 19.8 Å². The number of amides is 1. The number of primary amides is 1. The Hall–Kier alpha value is -4.54. The van der Waals surface area contributed by atoms with Gasteiger partial charge in [-0.05, 0) is 26.0 Å². The second kappa shape index (κ2) is 11.4. The number of carbonyl (C=O) groups excluding carboxylic acids is 3. The fraction of sp³-hybridized carbons (Fsp3) is 0.217. The van der Waals surface area contributed by atoms with Crippen molar-refractivity contribution in [3.63, 3.8) is 0 Å². The fourth-order valence-electron chi connectivity index (χ4n) is 3.47. The molecule has 178 valence electrons. The number of hydrogen-bond donors (Lipinski definition) is 2. The number of esters is 2. The number of benzene rings is 1. The van der Waals surface area contributed by atoms with Gasteiger partial charge < -0.3 is 20.5 Å². The number of nitrogens with two attached hydrogens (primary N) is 1. The molecule has 11 heteroatoms. The number of nitro benzene ring substituents is 1. The third kappa shape index (κ3) is 5.63. The zero-order chi connectivity index (χ0) is 25.4. The Bertz CT molecular complexity index is 1130. The molecule has 2 aromatic rings. The fourth-order valence-corrected chi connectivity index (χ4v) is 3.47. The number of nitro groups is 1. The zero-order valence-electron chi connectivity index (χ0n) is 19.0. The first-order valence-electron chi connectivity index (χ1n) is 9.93. The maximum atomic E-state index is 12.3. The minimum absolute atomic E-state index is 0.128. The van der Waals surface area contributed by atoms with Gasteiger partial charge in [-0.15, -0.1) is 0 Å². The molecule has 0 aliphatic carbocycles. The van der Waals surface area contributed by atoms with Crippen LogP contribution in [0.2, 0.25) is 0 Å². The summed E-state index contributed by atoms with van der Waals surface area (Å²) < 4.78 is 9.66. The first-order chi connectivity index (χ1) is 16.1. The van der Waals surface area contributed by atoms with E-state index in [9.17, 15) is 24.5 Å². The van der Waals surface area contributed by atoms with E-state index >= 15 is 0 Å². The van der Waals surface area contributed by atoms with Gasteiger partial charge in [0.1, 0.15) is 5.69 Å². The predicted molar refractivity (Wildman–Crippen MR) is 121 cm³/mol. The molecule has 11 nitrogen and oxygen atoms in total. The quantitative estimate of drug-likeness (QED) is 0.381. The van der Waals surface area contributed by atoms with Gasteiger partial charge >= 0.3 is 11.9 Å². The van der Waals surface area contributed by atoms with E-state index in [0.717, 1.165) is 0 Å². The molecular formula is C23H24N4O7. The van der Waals surface area contributed by atoms with Gasteiger partial charge in [0.05, 0.1) is 36.2 Å². The van der Waals surface area contributed by atoms with Crippen LogP contribution in [0.1, 0.15) is 35.8 Å². The largest absolute Gasteiger partial charge is 0.466 e. The number of nitrogens with zero attached hydrogens (tertiary/aromatic N) is 2. The molecule has 0 unspecified atom stereocenters. The average Bonchev–Trinajstić information content (AvgIpc) is 2.83. The minimum atomic E-state index is -0.970. The number of rotatable bonds is 5. The monoisotopic (exact) mass is 468 g/mol. The van der Waals surface area contributed by atoms with E-state index in [1.807, 2.05) is 0 Å². The summed E-state index contributed by atoms with van der Waals surface area (Å²) in [5.41, 5.74) is 6.41. The Labute approximate surface area is 195 Å². The third-order valence-electron chi connectivity index (χ3n) is 4.93. The Morgan fingerprint density at radius 1 is 0.971 bits per heavy atom. The molecule has 3 N–H and O–H groups in total. The summed E-state index contributed by atoms with van der Waals surface area (Å²) in [4.78, 5) is 49.6. The van der Waals surface area contributed by atoms with Crippen molar-refractivity contribution in [2.24, 2.45) is 5.73 Å². The van der Waals surface area contributed by atoms with E-state index in [0.29, 0.717) is 17.1 Å². The Balaban J connectivity index is 0.000000379. The van der Waals surface area contributed by atoms with E-state index < -0.39 is 28.7 Å². The number of carbonyl (C=O) groups is 3. The van der Waals surface area contributed by atoms with E-state index in [-0.39, 0.29) is 22.4 Å². The molecule has 1 amide bonds. The molecular weight excluding hydrogens is 444 g/mol. The molecule has 34 heavy (non-hydrogen) atoms. The number of para-hydroxylation sites is 1. The summed E-state index contributed by atoms with van der Waals surface area (Å²) in [6.07, 6.45) is 1.53. The first-order valence-corrected chi connectivity index (χ1v) is 9.93. The number of pyridine rings is 1. The van der Waals surface area contributed by atoms with Crippen molar-refractivity contribution in [3.05, 3.63) is 92.6 Å². The lowest BCUT2D eigenvalue weighted by molar-refractivity contribution is -0.385. The minimum Gasteiger partial charge on any atom is -0.466 e. The maximum Gasteiger partial charge on any atom is 0.336 e. The van der Waals surface area contributed by atoms with Crippen LogP contribution < -0.4 is 11.1 Å². The number of nitrogens with one attached hydrogen (secondary N) is 1. The summed E-state index contributed by atoms with van der Waals surface area (Å²) in [5, 5.41) is 14.4. The molecule has 1 aliphatic heterocycles. The second-order valence-corrected chi connectivity index (χ2v) is 7.01. The Kier molecular flexibility index (Phi) is 8.59. The highest BCUT2D eigenvalue weighted by Gasteiger charge is 2.40. The van der Waals surface area contributed by atoms with Crippen LogP contribution in [0.4, 0.5) is 5.69 Å². The molecule has 0 atom stereocenters. The van der Waals surface area contributed by atoms with Gasteiger partial charge in [0.15, 0.2) is 0 Å². The lowest BCUT2D eigenvalue weighted by Gasteiger charge is -2.29. The molecule has 0 bridgehead atoms. The van der Waals surface area contributed by atoms with Crippen molar-refractivity contribution in [1.82, 2.24) is 10.3 Å². The summed E-state index contributed by atoms with van der Waals surface area (Å²) in [6, 6.07) is 11.0. The number of aromatic nitrogens is 1. The molecule has 0 saturated heterocycles. The lowest BCUT2D eigenvalue weighted by atomic mass is 9.79. The van der Waals surface area contributed by atoms with Crippen LogP contribution in [0.5, 0.6) is 0 Å². The van der Waals surface area contributed by atoms with Crippen LogP contribution in [0.15, 0.2) is 71.2 Å². The van der Waals surface area contributed by atoms with Crippen LogP contribution in [0, 0.1) is 10.1 Å². The molecule has 0 saturated carbocycles. The van der Waals surface area contributed by atoms with Crippen molar-refractivity contribution >= 4 is 23.5 Å². The maximum absolute atomic E-state index is 12.3. The highest BCUT2D eigenvalue weighted by Crippen LogP contribution is 2.42. The normalized spacial score (nSPS) is 13.3. The SMILES string of the molecule is COC(=O)C1=C(C)NC(C)=C(C(=O)OC)C1c1ccccc1[N+](=O)[O-].NC(=O)c1ccccn1. The van der Waals surface area contributed by atoms with Gasteiger partial charge in [-0.3, -0.25) is 19.9 Å². The number of methoxy groups -OCH3 is 2. The number of hydrogen-bond acceptors (Lipinski definition) is 9. The van der Waals surface area contributed by atoms with Gasteiger partial charge in [-0.25, -0.2) is 9.59 Å². The van der Waals surface area contributed by atoms with Crippen LogP contribution >= 0.6 is 0 Å². The van der Waals surface area contributed by atoms with Crippen molar-refractivity contribution in [3.8, 4) is 0 Å². The van der Waals surface area contributed by atoms with Crippen LogP contribution in [-0.2, 0) is 19.1 Å². The zero-order valence-corrected chi connectivity index (χ0v) is 19.0. The molecule has 0 fully saturated rings. The standard InChI is InChI=1S/C17H18N2O6.C6H6N2O/c1-9-13(16(20)24-3)15(14(10(2)18-9)17(21)25-4)11-7-5-6-8-12(11)19(22)23;7-6(9)5-3-1-2-4-8-5/h5-8,15,18H,1-4H3;1-4H,(H2,7,9). The highest BCUT2D eigenvalue weighted by atomic mass is 16.6. The predicted octanol–water partition coefficient (Wildman–Crippen LogP) is 2.36. The topological polar surface area (TPSA) is 164 Å². The van der Waals surface area contributed by atoms with Gasteiger partial charge in [0.2, 0.25) is 0 Å². The lowest BCUT2D eigenvalue weighted by Crippen LogP contribution is -2.32. The van der Waals surface area contributed by atoms with E-state index in [2.05, 4.69) is 10.3 Å². The summed E-state index contributed by atoms with van der Waals surface area (Å²) in [6.45, 7) is 3.29. The van der Waals surface area contributed by atoms with Crippen molar-refractivity contribution in [1.29, 1.82) is 0 Å². The number of ether oxygens (including phenoxy) is 2. The van der Waals surface area contributed by atoms with Crippen LogP contribution in [0.3, 0.4) is 0 Å². The van der Waals surface area contributed by atoms with Gasteiger partial charge in [-0.1, -0.05) is 24.3 Å². The van der Waals surface area contributed by atoms with Crippen LogP contribution in [-0.4, -0.2) is 42.0 Å². The number of dihydropyridines is 1. The van der Waals surface area contributed by atoms with Gasteiger partial charge in [0, 0.05) is 29.2 Å². The highest BCUT2D eigenvalue weighted by molar-refractivity contribution is 6.00. The smallest absolute Gasteiger partial charge is 0.336 e.